The first kappa shape index (κ1) is 16.2. The van der Waals surface area contributed by atoms with Crippen LogP contribution in [0.2, 0.25) is 0 Å². The van der Waals surface area contributed by atoms with Gasteiger partial charge < -0.3 is 14.5 Å². The number of ether oxygens (including phenoxy) is 1. The molecule has 2 aromatic rings. The van der Waals surface area contributed by atoms with Crippen LogP contribution in [0.4, 0.5) is 5.95 Å². The Labute approximate surface area is 142 Å². The molecule has 0 unspecified atom stereocenters. The van der Waals surface area contributed by atoms with Crippen LogP contribution in [-0.2, 0) is 6.42 Å². The molecular formula is C18H22N4O2. The third-order valence-electron chi connectivity index (χ3n) is 4.30. The number of piperazine rings is 1. The first-order valence-electron chi connectivity index (χ1n) is 8.21. The molecule has 1 aromatic heterocycles. The van der Waals surface area contributed by atoms with Crippen molar-refractivity contribution in [2.75, 3.05) is 38.2 Å². The molecule has 0 bridgehead atoms. The monoisotopic (exact) mass is 326 g/mol. The second-order valence-corrected chi connectivity index (χ2v) is 5.72. The van der Waals surface area contributed by atoms with Crippen molar-refractivity contribution in [2.24, 2.45) is 0 Å². The lowest BCUT2D eigenvalue weighted by Gasteiger charge is -2.34. The predicted molar refractivity (Wildman–Crippen MR) is 92.5 cm³/mol. The Morgan fingerprint density at radius 3 is 2.50 bits per heavy atom. The fraction of sp³-hybridized carbons (Fsp3) is 0.389. The number of hydrogen-bond donors (Lipinski definition) is 0. The summed E-state index contributed by atoms with van der Waals surface area (Å²) in [5.41, 5.74) is 1.77. The zero-order valence-electron chi connectivity index (χ0n) is 14.1. The van der Waals surface area contributed by atoms with Crippen LogP contribution in [0.1, 0.15) is 22.8 Å². The van der Waals surface area contributed by atoms with E-state index in [-0.39, 0.29) is 5.91 Å². The summed E-state index contributed by atoms with van der Waals surface area (Å²) >= 11 is 0. The summed E-state index contributed by atoms with van der Waals surface area (Å²) < 4.78 is 5.37. The minimum atomic E-state index is 0.0239. The van der Waals surface area contributed by atoms with E-state index in [2.05, 4.69) is 21.8 Å². The summed E-state index contributed by atoms with van der Waals surface area (Å²) in [7, 11) is 1.60. The molecule has 0 N–H and O–H groups in total. The summed E-state index contributed by atoms with van der Waals surface area (Å²) in [6.07, 6.45) is 4.37. The van der Waals surface area contributed by atoms with E-state index < -0.39 is 0 Å². The SMILES string of the molecule is CCc1ccc(OC)c(C(=O)N2CCN(c3ncccn3)CC2)c1. The number of carbonyl (C=O) groups is 1. The molecule has 1 amide bonds. The van der Waals surface area contributed by atoms with Gasteiger partial charge in [-0.1, -0.05) is 13.0 Å². The van der Waals surface area contributed by atoms with Crippen LogP contribution in [0.15, 0.2) is 36.7 Å². The third-order valence-corrected chi connectivity index (χ3v) is 4.30. The number of aromatic nitrogens is 2. The second kappa shape index (κ2) is 7.29. The third kappa shape index (κ3) is 3.32. The van der Waals surface area contributed by atoms with Gasteiger partial charge in [0, 0.05) is 38.6 Å². The average Bonchev–Trinajstić information content (AvgIpc) is 2.67. The van der Waals surface area contributed by atoms with Crippen molar-refractivity contribution in [2.45, 2.75) is 13.3 Å². The zero-order valence-corrected chi connectivity index (χ0v) is 14.1. The van der Waals surface area contributed by atoms with Crippen LogP contribution in [0.5, 0.6) is 5.75 Å². The maximum Gasteiger partial charge on any atom is 0.257 e. The van der Waals surface area contributed by atoms with Gasteiger partial charge in [0.15, 0.2) is 0 Å². The number of aryl methyl sites for hydroxylation is 1. The summed E-state index contributed by atoms with van der Waals surface area (Å²) in [6.45, 7) is 4.83. The fourth-order valence-electron chi connectivity index (χ4n) is 2.88. The van der Waals surface area contributed by atoms with E-state index in [1.165, 1.54) is 0 Å². The van der Waals surface area contributed by atoms with Crippen molar-refractivity contribution >= 4 is 11.9 Å². The Morgan fingerprint density at radius 1 is 1.17 bits per heavy atom. The standard InChI is InChI=1S/C18H22N4O2/c1-3-14-5-6-16(24-2)15(13-14)17(23)21-9-11-22(12-10-21)18-19-7-4-8-20-18/h4-8,13H,3,9-12H2,1-2H3. The molecule has 1 fully saturated rings. The molecule has 0 radical (unpaired) electrons. The maximum atomic E-state index is 12.9. The van der Waals surface area contributed by atoms with Crippen LogP contribution in [0.25, 0.3) is 0 Å². The number of carbonyl (C=O) groups excluding carboxylic acids is 1. The van der Waals surface area contributed by atoms with Crippen LogP contribution in [0, 0.1) is 0 Å². The van der Waals surface area contributed by atoms with E-state index >= 15 is 0 Å². The molecule has 3 rings (SSSR count). The van der Waals surface area contributed by atoms with Gasteiger partial charge in [-0.25, -0.2) is 9.97 Å². The van der Waals surface area contributed by atoms with E-state index in [4.69, 9.17) is 4.74 Å². The van der Waals surface area contributed by atoms with Gasteiger partial charge in [-0.2, -0.15) is 0 Å². The van der Waals surface area contributed by atoms with Crippen molar-refractivity contribution in [3.63, 3.8) is 0 Å². The Balaban J connectivity index is 1.71. The summed E-state index contributed by atoms with van der Waals surface area (Å²) in [5.74, 6) is 1.37. The molecule has 1 aromatic carbocycles. The smallest absolute Gasteiger partial charge is 0.257 e. The summed E-state index contributed by atoms with van der Waals surface area (Å²) in [6, 6.07) is 7.62. The maximum absolute atomic E-state index is 12.9. The number of rotatable bonds is 4. The Morgan fingerprint density at radius 2 is 1.88 bits per heavy atom. The lowest BCUT2D eigenvalue weighted by atomic mass is 10.1. The highest BCUT2D eigenvalue weighted by Crippen LogP contribution is 2.23. The lowest BCUT2D eigenvalue weighted by molar-refractivity contribution is 0.0742. The molecule has 0 saturated carbocycles. The Kier molecular flexibility index (Phi) is 4.93. The average molecular weight is 326 g/mol. The molecule has 0 aliphatic carbocycles. The molecule has 6 heteroatoms. The zero-order chi connectivity index (χ0) is 16.9. The molecule has 24 heavy (non-hydrogen) atoms. The van der Waals surface area contributed by atoms with Crippen LogP contribution < -0.4 is 9.64 Å². The highest BCUT2D eigenvalue weighted by Gasteiger charge is 2.25. The van der Waals surface area contributed by atoms with Gasteiger partial charge in [0.25, 0.3) is 5.91 Å². The summed E-state index contributed by atoms with van der Waals surface area (Å²) in [5, 5.41) is 0. The van der Waals surface area contributed by atoms with Gasteiger partial charge in [0.2, 0.25) is 5.95 Å². The van der Waals surface area contributed by atoms with E-state index in [1.54, 1.807) is 25.6 Å². The van der Waals surface area contributed by atoms with Gasteiger partial charge in [0.1, 0.15) is 5.75 Å². The minimum absolute atomic E-state index is 0.0239. The lowest BCUT2D eigenvalue weighted by Crippen LogP contribution is -2.49. The Hall–Kier alpha value is -2.63. The number of anilines is 1. The molecular weight excluding hydrogens is 304 g/mol. The first-order valence-corrected chi connectivity index (χ1v) is 8.21. The van der Waals surface area contributed by atoms with Gasteiger partial charge >= 0.3 is 0 Å². The highest BCUT2D eigenvalue weighted by molar-refractivity contribution is 5.97. The number of hydrogen-bond acceptors (Lipinski definition) is 5. The number of amides is 1. The predicted octanol–water partition coefficient (Wildman–Crippen LogP) is 2.01. The molecule has 0 spiro atoms. The molecule has 1 aliphatic rings. The largest absolute Gasteiger partial charge is 0.496 e. The van der Waals surface area contributed by atoms with Gasteiger partial charge in [-0.15, -0.1) is 0 Å². The van der Waals surface area contributed by atoms with Crippen molar-refractivity contribution < 1.29 is 9.53 Å². The van der Waals surface area contributed by atoms with Crippen LogP contribution >= 0.6 is 0 Å². The molecule has 1 aliphatic heterocycles. The molecule has 0 atom stereocenters. The van der Waals surface area contributed by atoms with E-state index in [0.29, 0.717) is 24.4 Å². The quantitative estimate of drug-likeness (QED) is 0.860. The molecule has 1 saturated heterocycles. The van der Waals surface area contributed by atoms with Crippen LogP contribution in [-0.4, -0.2) is 54.1 Å². The van der Waals surface area contributed by atoms with E-state index in [9.17, 15) is 4.79 Å². The van der Waals surface area contributed by atoms with Gasteiger partial charge in [-0.05, 0) is 30.2 Å². The summed E-state index contributed by atoms with van der Waals surface area (Å²) in [4.78, 5) is 25.4. The molecule has 6 nitrogen and oxygen atoms in total. The minimum Gasteiger partial charge on any atom is -0.496 e. The Bertz CT molecular complexity index is 697. The first-order chi connectivity index (χ1) is 11.7. The van der Waals surface area contributed by atoms with Gasteiger partial charge in [0.05, 0.1) is 12.7 Å². The molecule has 2 heterocycles. The molecule has 126 valence electrons. The normalized spacial score (nSPS) is 14.6. The fourth-order valence-corrected chi connectivity index (χ4v) is 2.88. The topological polar surface area (TPSA) is 58.6 Å². The number of benzene rings is 1. The van der Waals surface area contributed by atoms with E-state index in [0.717, 1.165) is 31.0 Å². The number of nitrogens with zero attached hydrogens (tertiary/aromatic N) is 4. The van der Waals surface area contributed by atoms with Crippen molar-refractivity contribution in [1.29, 1.82) is 0 Å². The number of methoxy groups -OCH3 is 1. The van der Waals surface area contributed by atoms with Gasteiger partial charge in [-0.3, -0.25) is 4.79 Å². The highest BCUT2D eigenvalue weighted by atomic mass is 16.5. The van der Waals surface area contributed by atoms with E-state index in [1.807, 2.05) is 23.1 Å². The van der Waals surface area contributed by atoms with Crippen LogP contribution in [0.3, 0.4) is 0 Å². The van der Waals surface area contributed by atoms with Crippen molar-refractivity contribution in [3.8, 4) is 5.75 Å². The van der Waals surface area contributed by atoms with Crippen molar-refractivity contribution in [3.05, 3.63) is 47.8 Å². The van der Waals surface area contributed by atoms with Crippen molar-refractivity contribution in [1.82, 2.24) is 14.9 Å². The second-order valence-electron chi connectivity index (χ2n) is 5.72.